The van der Waals surface area contributed by atoms with E-state index in [-0.39, 0.29) is 6.04 Å². The number of aromatic nitrogens is 1. The number of benzene rings is 1. The first kappa shape index (κ1) is 15.7. The van der Waals surface area contributed by atoms with Crippen LogP contribution >= 0.6 is 0 Å². The van der Waals surface area contributed by atoms with Gasteiger partial charge in [0, 0.05) is 25.0 Å². The van der Waals surface area contributed by atoms with E-state index in [0.29, 0.717) is 0 Å². The van der Waals surface area contributed by atoms with Crippen LogP contribution in [-0.2, 0) is 6.54 Å². The third-order valence-electron chi connectivity index (χ3n) is 3.99. The Kier molecular flexibility index (Phi) is 5.48. The normalized spacial score (nSPS) is 14.1. The van der Waals surface area contributed by atoms with Gasteiger partial charge in [0.25, 0.3) is 0 Å². The third-order valence-corrected chi connectivity index (χ3v) is 3.99. The number of pyridine rings is 1. The van der Waals surface area contributed by atoms with E-state index in [1.165, 1.54) is 11.1 Å². The Bertz CT molecular complexity index is 539. The topological polar surface area (TPSA) is 36.4 Å². The van der Waals surface area contributed by atoms with Crippen molar-refractivity contribution < 1.29 is 5.11 Å². The molecule has 0 saturated heterocycles. The number of rotatable bonds is 6. The smallest absolute Gasteiger partial charge is 0.0942 e. The molecule has 2 unspecified atom stereocenters. The minimum absolute atomic E-state index is 0.0610. The second-order valence-corrected chi connectivity index (χ2v) is 5.51. The molecule has 3 nitrogen and oxygen atoms in total. The zero-order valence-electron chi connectivity index (χ0n) is 13.0. The molecule has 0 spiro atoms. The van der Waals surface area contributed by atoms with Gasteiger partial charge in [0.05, 0.1) is 6.10 Å². The minimum Gasteiger partial charge on any atom is -0.387 e. The van der Waals surface area contributed by atoms with Gasteiger partial charge in [-0.15, -0.1) is 0 Å². The zero-order valence-corrected chi connectivity index (χ0v) is 13.0. The minimum atomic E-state index is -0.479. The lowest BCUT2D eigenvalue weighted by Crippen LogP contribution is -2.37. The summed E-state index contributed by atoms with van der Waals surface area (Å²) in [6, 6.07) is 12.2. The highest BCUT2D eigenvalue weighted by Crippen LogP contribution is 2.22. The molecule has 0 aliphatic heterocycles. The zero-order chi connectivity index (χ0) is 15.2. The molecule has 0 bridgehead atoms. The molecule has 0 saturated carbocycles. The molecule has 1 N–H and O–H groups in total. The van der Waals surface area contributed by atoms with E-state index in [1.807, 2.05) is 48.8 Å². The number of aliphatic hydroxyl groups excluding tert-OH is 1. The largest absolute Gasteiger partial charge is 0.387 e. The SMILES string of the molecule is CCN(Cc1ccncc1)C(C)C(O)c1ccc(C)cc1. The molecule has 0 aliphatic rings. The molecule has 1 aromatic heterocycles. The average Bonchev–Trinajstić information content (AvgIpc) is 2.53. The highest BCUT2D eigenvalue weighted by atomic mass is 16.3. The van der Waals surface area contributed by atoms with Gasteiger partial charge in [0.2, 0.25) is 0 Å². The van der Waals surface area contributed by atoms with Crippen molar-refractivity contribution in [2.75, 3.05) is 6.54 Å². The summed E-state index contributed by atoms with van der Waals surface area (Å²) in [5.74, 6) is 0. The standard InChI is InChI=1S/C18H24N2O/c1-4-20(13-16-9-11-19-12-10-16)15(3)18(21)17-7-5-14(2)6-8-17/h5-12,15,18,21H,4,13H2,1-3H3. The molecule has 1 heterocycles. The molecule has 0 fully saturated rings. The molecule has 0 amide bonds. The lowest BCUT2D eigenvalue weighted by Gasteiger charge is -2.31. The van der Waals surface area contributed by atoms with Crippen LogP contribution in [0.25, 0.3) is 0 Å². The summed E-state index contributed by atoms with van der Waals surface area (Å²) in [6.45, 7) is 7.98. The summed E-state index contributed by atoms with van der Waals surface area (Å²) in [6.07, 6.45) is 3.14. The van der Waals surface area contributed by atoms with Gasteiger partial charge in [-0.3, -0.25) is 9.88 Å². The molecule has 21 heavy (non-hydrogen) atoms. The van der Waals surface area contributed by atoms with Crippen LogP contribution in [0.15, 0.2) is 48.8 Å². The van der Waals surface area contributed by atoms with Gasteiger partial charge >= 0.3 is 0 Å². The van der Waals surface area contributed by atoms with Crippen molar-refractivity contribution >= 4 is 0 Å². The maximum atomic E-state index is 10.6. The molecular formula is C18H24N2O. The van der Waals surface area contributed by atoms with E-state index in [0.717, 1.165) is 18.7 Å². The monoisotopic (exact) mass is 284 g/mol. The Morgan fingerprint density at radius 3 is 2.29 bits per heavy atom. The quantitative estimate of drug-likeness (QED) is 0.884. The Balaban J connectivity index is 2.08. The summed E-state index contributed by atoms with van der Waals surface area (Å²) in [5, 5.41) is 10.6. The van der Waals surface area contributed by atoms with Gasteiger partial charge in [0.1, 0.15) is 0 Å². The van der Waals surface area contributed by atoms with E-state index in [1.54, 1.807) is 0 Å². The number of aryl methyl sites for hydroxylation is 1. The molecule has 3 heteroatoms. The second-order valence-electron chi connectivity index (χ2n) is 5.51. The summed E-state index contributed by atoms with van der Waals surface area (Å²) in [4.78, 5) is 6.32. The second kappa shape index (κ2) is 7.34. The molecule has 112 valence electrons. The molecule has 0 aliphatic carbocycles. The first-order valence-electron chi connectivity index (χ1n) is 7.49. The van der Waals surface area contributed by atoms with E-state index >= 15 is 0 Å². The van der Waals surface area contributed by atoms with Gasteiger partial charge in [-0.05, 0) is 43.7 Å². The number of nitrogens with zero attached hydrogens (tertiary/aromatic N) is 2. The predicted octanol–water partition coefficient (Wildman–Crippen LogP) is 3.33. The summed E-state index contributed by atoms with van der Waals surface area (Å²) >= 11 is 0. The first-order chi connectivity index (χ1) is 10.1. The number of hydrogen-bond acceptors (Lipinski definition) is 3. The summed E-state index contributed by atoms with van der Waals surface area (Å²) in [5.41, 5.74) is 3.40. The number of aliphatic hydroxyl groups is 1. The maximum Gasteiger partial charge on any atom is 0.0942 e. The first-order valence-corrected chi connectivity index (χ1v) is 7.49. The Hall–Kier alpha value is -1.71. The summed E-state index contributed by atoms with van der Waals surface area (Å²) < 4.78 is 0. The van der Waals surface area contributed by atoms with Crippen LogP contribution in [0.1, 0.15) is 36.6 Å². The van der Waals surface area contributed by atoms with Gasteiger partial charge in [-0.25, -0.2) is 0 Å². The summed E-state index contributed by atoms with van der Waals surface area (Å²) in [7, 11) is 0. The fraction of sp³-hybridized carbons (Fsp3) is 0.389. The van der Waals surface area contributed by atoms with E-state index in [9.17, 15) is 5.11 Å². The van der Waals surface area contributed by atoms with Crippen LogP contribution < -0.4 is 0 Å². The van der Waals surface area contributed by atoms with Crippen molar-refractivity contribution in [2.24, 2.45) is 0 Å². The predicted molar refractivity (Wildman–Crippen MR) is 85.9 cm³/mol. The van der Waals surface area contributed by atoms with Crippen LogP contribution in [0.5, 0.6) is 0 Å². The van der Waals surface area contributed by atoms with Crippen molar-refractivity contribution in [3.8, 4) is 0 Å². The van der Waals surface area contributed by atoms with Crippen molar-refractivity contribution in [3.63, 3.8) is 0 Å². The highest BCUT2D eigenvalue weighted by Gasteiger charge is 2.22. The highest BCUT2D eigenvalue weighted by molar-refractivity contribution is 5.24. The fourth-order valence-corrected chi connectivity index (χ4v) is 2.51. The van der Waals surface area contributed by atoms with Gasteiger partial charge in [-0.1, -0.05) is 36.8 Å². The molecule has 1 aromatic carbocycles. The van der Waals surface area contributed by atoms with Gasteiger partial charge in [0.15, 0.2) is 0 Å². The molecular weight excluding hydrogens is 260 g/mol. The number of likely N-dealkylation sites (N-methyl/N-ethyl adjacent to an activating group) is 1. The van der Waals surface area contributed by atoms with Crippen LogP contribution in [0.3, 0.4) is 0 Å². The van der Waals surface area contributed by atoms with E-state index in [4.69, 9.17) is 0 Å². The Labute approximate surface area is 127 Å². The lowest BCUT2D eigenvalue weighted by molar-refractivity contribution is 0.0563. The van der Waals surface area contributed by atoms with Crippen LogP contribution in [0, 0.1) is 6.92 Å². The fourth-order valence-electron chi connectivity index (χ4n) is 2.51. The van der Waals surface area contributed by atoms with Crippen molar-refractivity contribution in [3.05, 3.63) is 65.5 Å². The maximum absolute atomic E-state index is 10.6. The van der Waals surface area contributed by atoms with Crippen molar-refractivity contribution in [2.45, 2.75) is 39.5 Å². The van der Waals surface area contributed by atoms with Crippen LogP contribution in [0.4, 0.5) is 0 Å². The van der Waals surface area contributed by atoms with Crippen LogP contribution in [-0.4, -0.2) is 27.6 Å². The molecule has 2 rings (SSSR count). The van der Waals surface area contributed by atoms with Crippen molar-refractivity contribution in [1.82, 2.24) is 9.88 Å². The lowest BCUT2D eigenvalue weighted by atomic mass is 10.0. The van der Waals surface area contributed by atoms with Crippen LogP contribution in [0.2, 0.25) is 0 Å². The van der Waals surface area contributed by atoms with E-state index in [2.05, 4.69) is 30.7 Å². The molecule has 0 radical (unpaired) electrons. The Morgan fingerprint density at radius 2 is 1.71 bits per heavy atom. The molecule has 2 aromatic rings. The Morgan fingerprint density at radius 1 is 1.10 bits per heavy atom. The van der Waals surface area contributed by atoms with Gasteiger partial charge < -0.3 is 5.11 Å². The average molecular weight is 284 g/mol. The number of hydrogen-bond donors (Lipinski definition) is 1. The van der Waals surface area contributed by atoms with Gasteiger partial charge in [-0.2, -0.15) is 0 Å². The van der Waals surface area contributed by atoms with E-state index < -0.39 is 6.10 Å². The van der Waals surface area contributed by atoms with Crippen molar-refractivity contribution in [1.29, 1.82) is 0 Å². The molecule has 2 atom stereocenters. The third kappa shape index (κ3) is 4.13.